The number of ether oxygens (including phenoxy) is 3. The van der Waals surface area contributed by atoms with E-state index in [1.165, 1.54) is 0 Å². The highest BCUT2D eigenvalue weighted by atomic mass is 16.5. The lowest BCUT2D eigenvalue weighted by atomic mass is 10.1. The van der Waals surface area contributed by atoms with Gasteiger partial charge in [0.25, 0.3) is 11.8 Å². The lowest BCUT2D eigenvalue weighted by Crippen LogP contribution is -2.38. The van der Waals surface area contributed by atoms with Crippen LogP contribution in [0.5, 0.6) is 17.2 Å². The summed E-state index contributed by atoms with van der Waals surface area (Å²) in [6, 6.07) is 22.1. The molecular formula is C24H22N2O5. The van der Waals surface area contributed by atoms with Crippen LogP contribution in [0.4, 0.5) is 11.4 Å². The Balaban J connectivity index is 1.43. The number of rotatable bonds is 7. The number of benzene rings is 3. The first-order chi connectivity index (χ1) is 15.1. The SMILES string of the molecule is COc1ccccc1OCC(=O)Nc1ccc2c(c1)OCC(=O)N2Cc1ccccc1. The fraction of sp³-hybridized carbons (Fsp3) is 0.167. The maximum atomic E-state index is 12.4. The van der Waals surface area contributed by atoms with Gasteiger partial charge in [0.05, 0.1) is 19.3 Å². The zero-order chi connectivity index (χ0) is 21.6. The van der Waals surface area contributed by atoms with Crippen LogP contribution in [0, 0.1) is 0 Å². The fourth-order valence-electron chi connectivity index (χ4n) is 3.30. The molecule has 0 fully saturated rings. The van der Waals surface area contributed by atoms with E-state index < -0.39 is 0 Å². The van der Waals surface area contributed by atoms with Crippen molar-refractivity contribution < 1.29 is 23.8 Å². The number of para-hydroxylation sites is 2. The second-order valence-electron chi connectivity index (χ2n) is 6.92. The van der Waals surface area contributed by atoms with Crippen LogP contribution in [-0.2, 0) is 16.1 Å². The molecule has 0 saturated heterocycles. The van der Waals surface area contributed by atoms with Crippen molar-refractivity contribution >= 4 is 23.2 Å². The second-order valence-corrected chi connectivity index (χ2v) is 6.92. The monoisotopic (exact) mass is 418 g/mol. The summed E-state index contributed by atoms with van der Waals surface area (Å²) in [5.74, 6) is 1.15. The Morgan fingerprint density at radius 3 is 2.55 bits per heavy atom. The highest BCUT2D eigenvalue weighted by Gasteiger charge is 2.26. The number of anilines is 2. The quantitative estimate of drug-likeness (QED) is 0.634. The van der Waals surface area contributed by atoms with Crippen molar-refractivity contribution in [2.45, 2.75) is 6.54 Å². The van der Waals surface area contributed by atoms with Gasteiger partial charge in [-0.05, 0) is 29.8 Å². The van der Waals surface area contributed by atoms with Crippen molar-refractivity contribution in [2.75, 3.05) is 30.5 Å². The molecule has 3 aromatic carbocycles. The number of carbonyl (C=O) groups is 2. The van der Waals surface area contributed by atoms with Gasteiger partial charge in [-0.25, -0.2) is 0 Å². The number of hydrogen-bond acceptors (Lipinski definition) is 5. The Morgan fingerprint density at radius 2 is 1.77 bits per heavy atom. The summed E-state index contributed by atoms with van der Waals surface area (Å²) in [5, 5.41) is 2.79. The third kappa shape index (κ3) is 4.78. The summed E-state index contributed by atoms with van der Waals surface area (Å²) in [4.78, 5) is 26.4. The summed E-state index contributed by atoms with van der Waals surface area (Å²) in [7, 11) is 1.54. The normalized spacial score (nSPS) is 12.5. The lowest BCUT2D eigenvalue weighted by molar-refractivity contribution is -0.121. The third-order valence-electron chi connectivity index (χ3n) is 4.80. The predicted octanol–water partition coefficient (Wildman–Crippen LogP) is 3.64. The summed E-state index contributed by atoms with van der Waals surface area (Å²) in [5.41, 5.74) is 2.25. The van der Waals surface area contributed by atoms with Crippen LogP contribution in [0.15, 0.2) is 72.8 Å². The molecule has 0 unspecified atom stereocenters. The average molecular weight is 418 g/mol. The molecule has 0 radical (unpaired) electrons. The van der Waals surface area contributed by atoms with E-state index in [9.17, 15) is 9.59 Å². The molecule has 0 aliphatic carbocycles. The number of amides is 2. The first-order valence-electron chi connectivity index (χ1n) is 9.81. The molecule has 1 N–H and O–H groups in total. The minimum atomic E-state index is -0.320. The molecule has 0 aromatic heterocycles. The minimum absolute atomic E-state index is 0.0475. The van der Waals surface area contributed by atoms with Gasteiger partial charge in [0.1, 0.15) is 5.75 Å². The van der Waals surface area contributed by atoms with Crippen LogP contribution in [-0.4, -0.2) is 32.1 Å². The van der Waals surface area contributed by atoms with Crippen LogP contribution in [0.3, 0.4) is 0 Å². The van der Waals surface area contributed by atoms with Gasteiger partial charge in [-0.3, -0.25) is 9.59 Å². The molecule has 7 nitrogen and oxygen atoms in total. The summed E-state index contributed by atoms with van der Waals surface area (Å²) >= 11 is 0. The van der Waals surface area contributed by atoms with E-state index in [0.717, 1.165) is 5.56 Å². The van der Waals surface area contributed by atoms with Gasteiger partial charge in [0.15, 0.2) is 24.7 Å². The molecule has 1 aliphatic heterocycles. The Labute approximate surface area is 180 Å². The molecule has 0 atom stereocenters. The minimum Gasteiger partial charge on any atom is -0.493 e. The van der Waals surface area contributed by atoms with Crippen LogP contribution in [0.1, 0.15) is 5.56 Å². The molecule has 1 aliphatic rings. The third-order valence-corrected chi connectivity index (χ3v) is 4.80. The molecule has 4 rings (SSSR count). The van der Waals surface area contributed by atoms with E-state index in [1.807, 2.05) is 36.4 Å². The van der Waals surface area contributed by atoms with Crippen LogP contribution >= 0.6 is 0 Å². The maximum Gasteiger partial charge on any atom is 0.265 e. The van der Waals surface area contributed by atoms with Crippen LogP contribution in [0.25, 0.3) is 0 Å². The Kier molecular flexibility index (Phi) is 6.03. The molecule has 0 bridgehead atoms. The standard InChI is InChI=1S/C24H22N2O5/c1-29-20-9-5-6-10-21(20)30-15-23(27)25-18-11-12-19-22(13-18)31-16-24(28)26(19)14-17-7-3-2-4-8-17/h2-13H,14-16H2,1H3,(H,25,27). The smallest absolute Gasteiger partial charge is 0.265 e. The lowest BCUT2D eigenvalue weighted by Gasteiger charge is -2.29. The Hall–Kier alpha value is -4.00. The van der Waals surface area contributed by atoms with Crippen LogP contribution < -0.4 is 24.4 Å². The van der Waals surface area contributed by atoms with E-state index in [4.69, 9.17) is 14.2 Å². The number of hydrogen-bond donors (Lipinski definition) is 1. The number of nitrogens with one attached hydrogen (secondary N) is 1. The topological polar surface area (TPSA) is 77.1 Å². The second kappa shape index (κ2) is 9.21. The molecule has 0 spiro atoms. The van der Waals surface area contributed by atoms with Gasteiger partial charge in [0.2, 0.25) is 0 Å². The van der Waals surface area contributed by atoms with E-state index >= 15 is 0 Å². The Morgan fingerprint density at radius 1 is 1.03 bits per heavy atom. The Bertz CT molecular complexity index is 1080. The average Bonchev–Trinajstić information content (AvgIpc) is 2.80. The van der Waals surface area contributed by atoms with E-state index in [2.05, 4.69) is 5.32 Å². The van der Waals surface area contributed by atoms with E-state index in [-0.39, 0.29) is 25.0 Å². The molecule has 1 heterocycles. The van der Waals surface area contributed by atoms with Crippen molar-refractivity contribution in [1.82, 2.24) is 0 Å². The van der Waals surface area contributed by atoms with Gasteiger partial charge in [-0.2, -0.15) is 0 Å². The van der Waals surface area contributed by atoms with Crippen molar-refractivity contribution in [1.29, 1.82) is 0 Å². The highest BCUT2D eigenvalue weighted by Crippen LogP contribution is 2.35. The van der Waals surface area contributed by atoms with Gasteiger partial charge in [-0.15, -0.1) is 0 Å². The van der Waals surface area contributed by atoms with Gasteiger partial charge in [-0.1, -0.05) is 42.5 Å². The van der Waals surface area contributed by atoms with Crippen molar-refractivity contribution in [2.24, 2.45) is 0 Å². The highest BCUT2D eigenvalue weighted by molar-refractivity contribution is 5.99. The predicted molar refractivity (Wildman–Crippen MR) is 117 cm³/mol. The van der Waals surface area contributed by atoms with Gasteiger partial charge in [0, 0.05) is 11.8 Å². The first kappa shape index (κ1) is 20.3. The molecule has 0 saturated carbocycles. The first-order valence-corrected chi connectivity index (χ1v) is 9.81. The largest absolute Gasteiger partial charge is 0.493 e. The number of methoxy groups -OCH3 is 1. The van der Waals surface area contributed by atoms with Gasteiger partial charge >= 0.3 is 0 Å². The fourth-order valence-corrected chi connectivity index (χ4v) is 3.30. The van der Waals surface area contributed by atoms with Gasteiger partial charge < -0.3 is 24.4 Å². The molecular weight excluding hydrogens is 396 g/mol. The molecule has 31 heavy (non-hydrogen) atoms. The van der Waals surface area contributed by atoms with E-state index in [1.54, 1.807) is 48.4 Å². The molecule has 3 aromatic rings. The van der Waals surface area contributed by atoms with Crippen molar-refractivity contribution in [3.05, 3.63) is 78.4 Å². The van der Waals surface area contributed by atoms with Crippen molar-refractivity contribution in [3.8, 4) is 17.2 Å². The van der Waals surface area contributed by atoms with E-state index in [0.29, 0.717) is 35.2 Å². The zero-order valence-electron chi connectivity index (χ0n) is 17.0. The van der Waals surface area contributed by atoms with Crippen LogP contribution in [0.2, 0.25) is 0 Å². The summed E-state index contributed by atoms with van der Waals surface area (Å²) < 4.78 is 16.4. The summed E-state index contributed by atoms with van der Waals surface area (Å²) in [6.07, 6.45) is 0. The number of fused-ring (bicyclic) bond motifs is 1. The molecule has 2 amide bonds. The summed E-state index contributed by atoms with van der Waals surface area (Å²) in [6.45, 7) is 0.236. The molecule has 158 valence electrons. The maximum absolute atomic E-state index is 12.4. The zero-order valence-corrected chi connectivity index (χ0v) is 17.0. The molecule has 7 heteroatoms. The number of nitrogens with zero attached hydrogens (tertiary/aromatic N) is 1. The number of carbonyl (C=O) groups excluding carboxylic acids is 2. The van der Waals surface area contributed by atoms with Crippen molar-refractivity contribution in [3.63, 3.8) is 0 Å².